The molecule has 5 fully saturated rings. The Bertz CT molecular complexity index is 1300. The molecule has 2 saturated heterocycles. The van der Waals surface area contributed by atoms with Gasteiger partial charge in [-0.1, -0.05) is 40.7 Å². The van der Waals surface area contributed by atoms with Crippen molar-refractivity contribution in [3.8, 4) is 0 Å². The fourth-order valence-corrected chi connectivity index (χ4v) is 12.1. The number of hydrogen-bond donors (Lipinski definition) is 8. The number of aliphatic hydroxyl groups is 8. The standard InChI is InChI=1S/C40H68O14/c1-19(2)21(16-51-36-32(47)33(49-6)26(43)18-52-36)9-8-20(3)28-30(45)31(46)35-39(28,5)13-11-27-38(4)12-10-22(14-23(38)24(41)15-40(27,35)48)54-37-34(50-7)29(44)25(42)17-53-37/h14,19-22,24-37,41-48H,8-13,15-18H2,1-7H3/t20-,21-,22+,24-,25-,26-,27?,28+,29+,30-,31?,32-,33+,34-,35?,36-,37+,38+,39-,40+/m1/s1. The Balaban J connectivity index is 1.14. The molecule has 4 aliphatic carbocycles. The minimum Gasteiger partial charge on any atom is -0.390 e. The number of hydrogen-bond acceptors (Lipinski definition) is 14. The van der Waals surface area contributed by atoms with Crippen molar-refractivity contribution < 1.29 is 69.3 Å². The molecule has 54 heavy (non-hydrogen) atoms. The zero-order valence-corrected chi connectivity index (χ0v) is 33.1. The number of rotatable bonds is 12. The van der Waals surface area contributed by atoms with Crippen molar-refractivity contribution in [2.75, 3.05) is 34.0 Å². The van der Waals surface area contributed by atoms with Gasteiger partial charge in [0.1, 0.15) is 36.6 Å². The van der Waals surface area contributed by atoms with Crippen molar-refractivity contribution in [1.82, 2.24) is 0 Å². The summed E-state index contributed by atoms with van der Waals surface area (Å²) in [5.74, 6) is -0.820. The lowest BCUT2D eigenvalue weighted by molar-refractivity contribution is -0.285. The zero-order chi connectivity index (χ0) is 39.5. The number of aliphatic hydroxyl groups excluding tert-OH is 7. The fraction of sp³-hybridized carbons (Fsp3) is 0.950. The maximum Gasteiger partial charge on any atom is 0.187 e. The van der Waals surface area contributed by atoms with Gasteiger partial charge in [-0.25, -0.2) is 0 Å². The molecule has 3 unspecified atom stereocenters. The van der Waals surface area contributed by atoms with Crippen LogP contribution >= 0.6 is 0 Å². The van der Waals surface area contributed by atoms with Crippen LogP contribution in [0.5, 0.6) is 0 Å². The zero-order valence-electron chi connectivity index (χ0n) is 33.1. The molecule has 8 N–H and O–H groups in total. The Labute approximate surface area is 319 Å². The van der Waals surface area contributed by atoms with E-state index in [2.05, 4.69) is 34.6 Å². The topological polar surface area (TPSA) is 217 Å². The Morgan fingerprint density at radius 1 is 0.796 bits per heavy atom. The van der Waals surface area contributed by atoms with E-state index in [4.69, 9.17) is 28.4 Å². The third-order valence-corrected chi connectivity index (χ3v) is 15.0. The number of ether oxygens (including phenoxy) is 6. The minimum atomic E-state index is -1.42. The molecule has 20 atom stereocenters. The summed E-state index contributed by atoms with van der Waals surface area (Å²) in [5, 5.41) is 89.5. The molecule has 2 aliphatic heterocycles. The first kappa shape index (κ1) is 42.8. The van der Waals surface area contributed by atoms with Crippen LogP contribution in [0, 0.1) is 46.3 Å². The normalized spacial score (nSPS) is 50.5. The van der Waals surface area contributed by atoms with E-state index in [9.17, 15) is 40.9 Å². The molecule has 14 heteroatoms. The highest BCUT2D eigenvalue weighted by molar-refractivity contribution is 5.33. The van der Waals surface area contributed by atoms with Crippen LogP contribution in [0.2, 0.25) is 0 Å². The van der Waals surface area contributed by atoms with Gasteiger partial charge in [0.05, 0.1) is 49.8 Å². The number of fused-ring (bicyclic) bond motifs is 5. The Morgan fingerprint density at radius 2 is 1.46 bits per heavy atom. The average molecular weight is 773 g/mol. The van der Waals surface area contributed by atoms with E-state index in [0.29, 0.717) is 32.3 Å². The predicted molar refractivity (Wildman–Crippen MR) is 193 cm³/mol. The monoisotopic (exact) mass is 772 g/mol. The molecule has 6 aliphatic rings. The first-order valence-electron chi connectivity index (χ1n) is 20.2. The van der Waals surface area contributed by atoms with Gasteiger partial charge < -0.3 is 69.3 Å². The van der Waals surface area contributed by atoms with Crippen LogP contribution in [-0.2, 0) is 28.4 Å². The van der Waals surface area contributed by atoms with Gasteiger partial charge in [0.15, 0.2) is 12.6 Å². The van der Waals surface area contributed by atoms with E-state index in [1.54, 1.807) is 0 Å². The molecule has 2 heterocycles. The molecule has 0 aromatic heterocycles. The molecule has 3 saturated carbocycles. The van der Waals surface area contributed by atoms with Gasteiger partial charge in [-0.15, -0.1) is 0 Å². The van der Waals surface area contributed by atoms with Crippen molar-refractivity contribution in [1.29, 1.82) is 0 Å². The first-order valence-corrected chi connectivity index (χ1v) is 20.2. The van der Waals surface area contributed by atoms with Crippen LogP contribution in [0.15, 0.2) is 11.6 Å². The Morgan fingerprint density at radius 3 is 2.13 bits per heavy atom. The van der Waals surface area contributed by atoms with E-state index in [1.807, 2.05) is 6.08 Å². The highest BCUT2D eigenvalue weighted by atomic mass is 16.7. The number of methoxy groups -OCH3 is 2. The van der Waals surface area contributed by atoms with Crippen LogP contribution in [0.25, 0.3) is 0 Å². The van der Waals surface area contributed by atoms with E-state index in [0.717, 1.165) is 18.4 Å². The van der Waals surface area contributed by atoms with Gasteiger partial charge >= 0.3 is 0 Å². The molecule has 14 nitrogen and oxygen atoms in total. The molecular formula is C40H68O14. The molecule has 312 valence electrons. The molecule has 0 radical (unpaired) electrons. The van der Waals surface area contributed by atoms with Gasteiger partial charge in [0.2, 0.25) is 0 Å². The summed E-state index contributed by atoms with van der Waals surface area (Å²) in [6.45, 7) is 10.8. The summed E-state index contributed by atoms with van der Waals surface area (Å²) in [7, 11) is 2.86. The van der Waals surface area contributed by atoms with Gasteiger partial charge in [0.25, 0.3) is 0 Å². The lowest BCUT2D eigenvalue weighted by Crippen LogP contribution is -2.66. The van der Waals surface area contributed by atoms with Crippen LogP contribution in [0.1, 0.15) is 79.6 Å². The third kappa shape index (κ3) is 7.38. The van der Waals surface area contributed by atoms with E-state index < -0.39 is 96.0 Å². The minimum absolute atomic E-state index is 0.000276. The summed E-state index contributed by atoms with van der Waals surface area (Å²) in [6.07, 6.45) is -5.40. The summed E-state index contributed by atoms with van der Waals surface area (Å²) >= 11 is 0. The van der Waals surface area contributed by atoms with Crippen molar-refractivity contribution in [3.05, 3.63) is 11.6 Å². The van der Waals surface area contributed by atoms with Gasteiger partial charge in [0, 0.05) is 26.6 Å². The SMILES string of the molecule is CO[C@@H]1[C@@H](O)[C@H](OC[C@@H](CC[C@@H](C)[C@H]2[C@@H](O)C(O)C3[C@]4(O)C[C@@H](O)C5=C[C@@H](O[C@@H]6OC[C@@H](O)[C@H](O)[C@H]6OC)CC[C@]5(C)C4CC[C@@]32C)C(C)C)OC[C@H]1O. The maximum absolute atomic E-state index is 12.8. The van der Waals surface area contributed by atoms with Crippen LogP contribution < -0.4 is 0 Å². The molecule has 6 rings (SSSR count). The Hall–Kier alpha value is -0.820. The van der Waals surface area contributed by atoms with Crippen molar-refractivity contribution >= 4 is 0 Å². The lowest BCUT2D eigenvalue weighted by Gasteiger charge is -2.64. The second-order valence-corrected chi connectivity index (χ2v) is 18.4. The van der Waals surface area contributed by atoms with Crippen LogP contribution in [0.4, 0.5) is 0 Å². The van der Waals surface area contributed by atoms with Crippen molar-refractivity contribution in [2.45, 2.75) is 159 Å². The smallest absolute Gasteiger partial charge is 0.187 e. The summed E-state index contributed by atoms with van der Waals surface area (Å²) in [5.41, 5.74) is -1.78. The van der Waals surface area contributed by atoms with Crippen molar-refractivity contribution in [3.63, 3.8) is 0 Å². The van der Waals surface area contributed by atoms with Gasteiger partial charge in [-0.2, -0.15) is 0 Å². The first-order chi connectivity index (χ1) is 25.4. The third-order valence-electron chi connectivity index (χ3n) is 15.0. The predicted octanol–water partition coefficient (Wildman–Crippen LogP) is 0.869. The summed E-state index contributed by atoms with van der Waals surface area (Å²) in [4.78, 5) is 0. The maximum atomic E-state index is 12.8. The molecule has 0 aromatic carbocycles. The molecule has 0 amide bonds. The quantitative estimate of drug-likeness (QED) is 0.129. The largest absolute Gasteiger partial charge is 0.390 e. The fourth-order valence-electron chi connectivity index (χ4n) is 12.1. The lowest BCUT2D eigenvalue weighted by atomic mass is 9.43. The summed E-state index contributed by atoms with van der Waals surface area (Å²) in [6, 6.07) is 0. The van der Waals surface area contributed by atoms with E-state index in [1.165, 1.54) is 14.2 Å². The second-order valence-electron chi connectivity index (χ2n) is 18.4. The molecule has 0 bridgehead atoms. The van der Waals surface area contributed by atoms with Gasteiger partial charge in [-0.05, 0) is 84.5 Å². The molecule has 0 aromatic rings. The van der Waals surface area contributed by atoms with E-state index >= 15 is 0 Å². The van der Waals surface area contributed by atoms with E-state index in [-0.39, 0.29) is 49.2 Å². The average Bonchev–Trinajstić information content (AvgIpc) is 3.32. The van der Waals surface area contributed by atoms with Crippen molar-refractivity contribution in [2.24, 2.45) is 46.3 Å². The van der Waals surface area contributed by atoms with Crippen LogP contribution in [0.3, 0.4) is 0 Å². The molecular weight excluding hydrogens is 704 g/mol. The molecule has 0 spiro atoms. The highest BCUT2D eigenvalue weighted by Crippen LogP contribution is 2.69. The highest BCUT2D eigenvalue weighted by Gasteiger charge is 2.72. The summed E-state index contributed by atoms with van der Waals surface area (Å²) < 4.78 is 34.2. The second kappa shape index (κ2) is 16.4. The van der Waals surface area contributed by atoms with Crippen LogP contribution in [-0.4, -0.2) is 154 Å². The Kier molecular flexibility index (Phi) is 13.0. The van der Waals surface area contributed by atoms with Gasteiger partial charge in [-0.3, -0.25) is 0 Å².